The van der Waals surface area contributed by atoms with E-state index in [4.69, 9.17) is 23.2 Å². The van der Waals surface area contributed by atoms with Crippen LogP contribution in [0, 0.1) is 3.57 Å². The Morgan fingerprint density at radius 2 is 2.00 bits per heavy atom. The number of benzene rings is 2. The van der Waals surface area contributed by atoms with Gasteiger partial charge in [0.05, 0.1) is 27.6 Å². The van der Waals surface area contributed by atoms with E-state index < -0.39 is 0 Å². The number of hydrogen-bond acceptors (Lipinski definition) is 1. The zero-order valence-electron chi connectivity index (χ0n) is 10.1. The minimum Gasteiger partial charge on any atom is -0.294 e. The van der Waals surface area contributed by atoms with Crippen LogP contribution in [0.2, 0.25) is 5.02 Å². The lowest BCUT2D eigenvalue weighted by molar-refractivity contribution is 0.982. The van der Waals surface area contributed by atoms with Crippen LogP contribution in [-0.4, -0.2) is 9.55 Å². The molecule has 20 heavy (non-hydrogen) atoms. The van der Waals surface area contributed by atoms with Crippen LogP contribution >= 0.6 is 61.7 Å². The molecule has 0 fully saturated rings. The molecule has 0 bridgehead atoms. The maximum Gasteiger partial charge on any atom is 0.129 e. The van der Waals surface area contributed by atoms with Crippen LogP contribution in [-0.2, 0) is 5.88 Å². The number of nitrogens with zero attached hydrogens (tertiary/aromatic N) is 2. The van der Waals surface area contributed by atoms with E-state index in [-0.39, 0.29) is 0 Å². The third kappa shape index (κ3) is 2.58. The molecular weight excluding hydrogens is 474 g/mol. The maximum atomic E-state index is 6.36. The highest BCUT2D eigenvalue weighted by atomic mass is 127. The van der Waals surface area contributed by atoms with E-state index in [9.17, 15) is 0 Å². The molecule has 0 radical (unpaired) electrons. The summed E-state index contributed by atoms with van der Waals surface area (Å²) in [6.45, 7) is 0. The summed E-state index contributed by atoms with van der Waals surface area (Å²) in [6, 6.07) is 11.9. The van der Waals surface area contributed by atoms with Gasteiger partial charge in [-0.2, -0.15) is 0 Å². The molecule has 0 aliphatic heterocycles. The number of aromatic nitrogens is 2. The molecule has 3 aromatic rings. The standard InChI is InChI=1S/C14H8BrCl2IN2/c15-8-1-3-12(10(17)5-8)20-13-4-2-9(18)6-11(13)19-14(20)7-16/h1-6H,7H2. The minimum absolute atomic E-state index is 0.331. The van der Waals surface area contributed by atoms with Crippen molar-refractivity contribution in [2.45, 2.75) is 5.88 Å². The number of rotatable bonds is 2. The van der Waals surface area contributed by atoms with Gasteiger partial charge in [-0.3, -0.25) is 4.57 Å². The van der Waals surface area contributed by atoms with Gasteiger partial charge in [0.25, 0.3) is 0 Å². The molecule has 102 valence electrons. The van der Waals surface area contributed by atoms with E-state index in [2.05, 4.69) is 43.5 Å². The molecule has 0 aliphatic rings. The van der Waals surface area contributed by atoms with Gasteiger partial charge in [-0.25, -0.2) is 4.98 Å². The Hall–Kier alpha value is -0.300. The van der Waals surface area contributed by atoms with Crippen molar-refractivity contribution in [3.8, 4) is 5.69 Å². The third-order valence-corrected chi connectivity index (χ3v) is 4.66. The van der Waals surface area contributed by atoms with Crippen molar-refractivity contribution in [3.05, 3.63) is 55.3 Å². The van der Waals surface area contributed by atoms with Crippen LogP contribution in [0.5, 0.6) is 0 Å². The maximum absolute atomic E-state index is 6.36. The number of fused-ring (bicyclic) bond motifs is 1. The van der Waals surface area contributed by atoms with Crippen molar-refractivity contribution >= 4 is 72.8 Å². The molecule has 3 rings (SSSR count). The zero-order chi connectivity index (χ0) is 14.3. The largest absolute Gasteiger partial charge is 0.294 e. The highest BCUT2D eigenvalue weighted by Gasteiger charge is 2.14. The fourth-order valence-corrected chi connectivity index (χ4v) is 3.54. The quantitative estimate of drug-likeness (QED) is 0.335. The van der Waals surface area contributed by atoms with Gasteiger partial charge in [0, 0.05) is 8.04 Å². The van der Waals surface area contributed by atoms with Crippen LogP contribution < -0.4 is 0 Å². The summed E-state index contributed by atoms with van der Waals surface area (Å²) in [7, 11) is 0. The Kier molecular flexibility index (Phi) is 4.26. The molecule has 0 N–H and O–H groups in total. The summed E-state index contributed by atoms with van der Waals surface area (Å²) < 4.78 is 4.09. The van der Waals surface area contributed by atoms with Gasteiger partial charge in [0.1, 0.15) is 5.82 Å². The van der Waals surface area contributed by atoms with E-state index in [1.54, 1.807) is 0 Å². The first kappa shape index (κ1) is 14.6. The molecular formula is C14H8BrCl2IN2. The first-order valence-electron chi connectivity index (χ1n) is 5.78. The van der Waals surface area contributed by atoms with Crippen molar-refractivity contribution < 1.29 is 0 Å². The summed E-state index contributed by atoms with van der Waals surface area (Å²) in [6.07, 6.45) is 0. The van der Waals surface area contributed by atoms with Gasteiger partial charge >= 0.3 is 0 Å². The molecule has 0 aliphatic carbocycles. The third-order valence-electron chi connectivity index (χ3n) is 2.96. The molecule has 0 spiro atoms. The lowest BCUT2D eigenvalue weighted by Gasteiger charge is -2.10. The summed E-state index contributed by atoms with van der Waals surface area (Å²) in [5.74, 6) is 1.12. The Morgan fingerprint density at radius 1 is 1.20 bits per heavy atom. The summed E-state index contributed by atoms with van der Waals surface area (Å²) in [5, 5.41) is 0.656. The second-order valence-corrected chi connectivity index (χ2v) is 7.06. The summed E-state index contributed by atoms with van der Waals surface area (Å²) in [4.78, 5) is 4.59. The summed E-state index contributed by atoms with van der Waals surface area (Å²) in [5.41, 5.74) is 2.81. The molecule has 6 heteroatoms. The fourth-order valence-electron chi connectivity index (χ4n) is 2.12. The molecule has 0 saturated carbocycles. The average Bonchev–Trinajstić information content (AvgIpc) is 2.76. The van der Waals surface area contributed by atoms with Crippen molar-refractivity contribution in [1.82, 2.24) is 9.55 Å². The van der Waals surface area contributed by atoms with Crippen molar-refractivity contribution in [2.24, 2.45) is 0 Å². The van der Waals surface area contributed by atoms with Crippen LogP contribution in [0.1, 0.15) is 5.82 Å². The molecule has 2 nitrogen and oxygen atoms in total. The molecule has 1 aromatic heterocycles. The van der Waals surface area contributed by atoms with Crippen molar-refractivity contribution in [3.63, 3.8) is 0 Å². The van der Waals surface area contributed by atoms with E-state index >= 15 is 0 Å². The number of halogens is 4. The van der Waals surface area contributed by atoms with Gasteiger partial charge in [-0.15, -0.1) is 11.6 Å². The van der Waals surface area contributed by atoms with Crippen LogP contribution in [0.4, 0.5) is 0 Å². The van der Waals surface area contributed by atoms with Crippen molar-refractivity contribution in [1.29, 1.82) is 0 Å². The monoisotopic (exact) mass is 480 g/mol. The highest BCUT2D eigenvalue weighted by Crippen LogP contribution is 2.30. The predicted octanol–water partition coefficient (Wildman–Crippen LogP) is 5.78. The average molecular weight is 482 g/mol. The van der Waals surface area contributed by atoms with E-state index in [0.717, 1.165) is 30.6 Å². The molecule has 2 aromatic carbocycles. The molecule has 1 heterocycles. The SMILES string of the molecule is ClCc1nc2cc(I)ccc2n1-c1ccc(Br)cc1Cl. The molecule has 0 unspecified atom stereocenters. The Morgan fingerprint density at radius 3 is 2.70 bits per heavy atom. The Bertz CT molecular complexity index is 801. The first-order chi connectivity index (χ1) is 9.60. The highest BCUT2D eigenvalue weighted by molar-refractivity contribution is 14.1. The van der Waals surface area contributed by atoms with Crippen molar-refractivity contribution in [2.75, 3.05) is 0 Å². The van der Waals surface area contributed by atoms with E-state index in [0.29, 0.717) is 10.9 Å². The number of alkyl halides is 1. The molecule has 0 saturated heterocycles. The van der Waals surface area contributed by atoms with Gasteiger partial charge in [0.15, 0.2) is 0 Å². The predicted molar refractivity (Wildman–Crippen MR) is 96.1 cm³/mol. The molecule has 0 atom stereocenters. The second-order valence-electron chi connectivity index (χ2n) is 4.23. The van der Waals surface area contributed by atoms with Crippen LogP contribution in [0.3, 0.4) is 0 Å². The Labute approximate surface area is 148 Å². The minimum atomic E-state index is 0.331. The first-order valence-corrected chi connectivity index (χ1v) is 8.57. The lowest BCUT2D eigenvalue weighted by atomic mass is 10.2. The molecule has 0 amide bonds. The fraction of sp³-hybridized carbons (Fsp3) is 0.0714. The van der Waals surface area contributed by atoms with Crippen LogP contribution in [0.25, 0.3) is 16.7 Å². The number of hydrogen-bond donors (Lipinski definition) is 0. The summed E-state index contributed by atoms with van der Waals surface area (Å²) >= 11 is 18.1. The lowest BCUT2D eigenvalue weighted by Crippen LogP contribution is -2.00. The Balaban J connectivity index is 2.34. The van der Waals surface area contributed by atoms with Gasteiger partial charge in [0.2, 0.25) is 0 Å². The van der Waals surface area contributed by atoms with Gasteiger partial charge in [-0.1, -0.05) is 27.5 Å². The van der Waals surface area contributed by atoms with E-state index in [1.807, 2.05) is 41.0 Å². The number of imidazole rings is 1. The van der Waals surface area contributed by atoms with Gasteiger partial charge in [-0.05, 0) is 59.0 Å². The van der Waals surface area contributed by atoms with Crippen LogP contribution in [0.15, 0.2) is 40.9 Å². The topological polar surface area (TPSA) is 17.8 Å². The zero-order valence-corrected chi connectivity index (χ0v) is 15.3. The van der Waals surface area contributed by atoms with E-state index in [1.165, 1.54) is 0 Å². The smallest absolute Gasteiger partial charge is 0.129 e. The normalized spacial score (nSPS) is 11.2. The second kappa shape index (κ2) is 5.83. The van der Waals surface area contributed by atoms with Gasteiger partial charge < -0.3 is 0 Å².